The highest BCUT2D eigenvalue weighted by Gasteiger charge is 2.11. The zero-order chi connectivity index (χ0) is 20.2. The number of carbonyl (C=O) groups excluding carboxylic acids is 1. The number of rotatable bonds is 6. The maximum atomic E-state index is 12.4. The second kappa shape index (κ2) is 7.73. The van der Waals surface area contributed by atoms with E-state index in [1.165, 1.54) is 0 Å². The lowest BCUT2D eigenvalue weighted by molar-refractivity contribution is 0.102. The van der Waals surface area contributed by atoms with Crippen molar-refractivity contribution in [2.24, 2.45) is 0 Å². The molecule has 0 atom stereocenters. The first-order valence-corrected chi connectivity index (χ1v) is 8.86. The minimum Gasteiger partial charge on any atom is -0.397 e. The molecule has 0 aliphatic heterocycles. The highest BCUT2D eigenvalue weighted by molar-refractivity contribution is 6.04. The maximum Gasteiger partial charge on any atom is 0.258 e. The van der Waals surface area contributed by atoms with Crippen LogP contribution in [-0.2, 0) is 0 Å². The zero-order valence-electron chi connectivity index (χ0n) is 15.4. The summed E-state index contributed by atoms with van der Waals surface area (Å²) in [7, 11) is 0. The van der Waals surface area contributed by atoms with Crippen LogP contribution < -0.4 is 21.7 Å². The standard InChI is InChI=1S/C21H19N7O/c1-13(27-19-11-14-4-2-3-5-16(14)12-25-19)26-18-10-15(6-7-17(18)22)20(29)28-21-23-8-9-24-21/h2-12,26H,1,22H2,(H,25,27)(H2,23,24,28,29). The summed E-state index contributed by atoms with van der Waals surface area (Å²) < 4.78 is 0. The fourth-order valence-electron chi connectivity index (χ4n) is 2.82. The lowest BCUT2D eigenvalue weighted by Crippen LogP contribution is -2.15. The molecule has 4 rings (SSSR count). The summed E-state index contributed by atoms with van der Waals surface area (Å²) in [5.74, 6) is 1.18. The van der Waals surface area contributed by atoms with E-state index >= 15 is 0 Å². The predicted molar refractivity (Wildman–Crippen MR) is 116 cm³/mol. The number of amides is 1. The fraction of sp³-hybridized carbons (Fsp3) is 0. The Hall–Kier alpha value is -4.33. The molecule has 2 aromatic carbocycles. The van der Waals surface area contributed by atoms with E-state index in [-0.39, 0.29) is 5.91 Å². The molecule has 4 aromatic rings. The third-order valence-electron chi connectivity index (χ3n) is 4.24. The van der Waals surface area contributed by atoms with Crippen LogP contribution in [0.4, 0.5) is 23.1 Å². The van der Waals surface area contributed by atoms with E-state index in [1.807, 2.05) is 30.3 Å². The summed E-state index contributed by atoms with van der Waals surface area (Å²) in [5, 5.41) is 11.0. The molecule has 8 heteroatoms. The minimum absolute atomic E-state index is 0.308. The van der Waals surface area contributed by atoms with Crippen LogP contribution in [0.1, 0.15) is 10.4 Å². The van der Waals surface area contributed by atoms with Crippen molar-refractivity contribution in [2.45, 2.75) is 0 Å². The van der Waals surface area contributed by atoms with Crippen molar-refractivity contribution >= 4 is 39.8 Å². The lowest BCUT2D eigenvalue weighted by Gasteiger charge is -2.15. The summed E-state index contributed by atoms with van der Waals surface area (Å²) in [4.78, 5) is 23.6. The molecule has 0 bridgehead atoms. The molecule has 2 aromatic heterocycles. The van der Waals surface area contributed by atoms with Crippen LogP contribution in [0.5, 0.6) is 0 Å². The van der Waals surface area contributed by atoms with Gasteiger partial charge in [-0.25, -0.2) is 9.97 Å². The molecule has 0 aliphatic rings. The van der Waals surface area contributed by atoms with Crippen LogP contribution in [0.25, 0.3) is 10.8 Å². The number of aromatic amines is 1. The van der Waals surface area contributed by atoms with Crippen molar-refractivity contribution < 1.29 is 4.79 Å². The molecule has 0 radical (unpaired) electrons. The number of nitrogen functional groups attached to an aromatic ring is 1. The average molecular weight is 385 g/mol. The van der Waals surface area contributed by atoms with Crippen molar-refractivity contribution in [3.63, 3.8) is 0 Å². The Morgan fingerprint density at radius 2 is 1.83 bits per heavy atom. The second-order valence-corrected chi connectivity index (χ2v) is 6.34. The summed E-state index contributed by atoms with van der Waals surface area (Å²) in [5.41, 5.74) is 7.50. The second-order valence-electron chi connectivity index (χ2n) is 6.34. The monoisotopic (exact) mass is 385 g/mol. The Balaban J connectivity index is 1.47. The molecule has 2 heterocycles. The molecule has 0 saturated carbocycles. The van der Waals surface area contributed by atoms with Gasteiger partial charge in [-0.1, -0.05) is 30.8 Å². The van der Waals surface area contributed by atoms with Gasteiger partial charge >= 0.3 is 0 Å². The van der Waals surface area contributed by atoms with E-state index in [0.29, 0.717) is 34.5 Å². The van der Waals surface area contributed by atoms with Crippen molar-refractivity contribution in [1.29, 1.82) is 0 Å². The molecular formula is C21H19N7O. The molecule has 0 fully saturated rings. The molecule has 6 N–H and O–H groups in total. The molecule has 8 nitrogen and oxygen atoms in total. The highest BCUT2D eigenvalue weighted by atomic mass is 16.1. The third kappa shape index (κ3) is 4.16. The van der Waals surface area contributed by atoms with Gasteiger partial charge in [0.1, 0.15) is 11.6 Å². The smallest absolute Gasteiger partial charge is 0.258 e. The number of benzene rings is 2. The molecule has 0 unspecified atom stereocenters. The Bertz CT molecular complexity index is 1180. The van der Waals surface area contributed by atoms with E-state index in [4.69, 9.17) is 5.73 Å². The largest absolute Gasteiger partial charge is 0.397 e. The van der Waals surface area contributed by atoms with E-state index < -0.39 is 0 Å². The topological polar surface area (TPSA) is 121 Å². The molecule has 0 saturated heterocycles. The zero-order valence-corrected chi connectivity index (χ0v) is 15.4. The molecule has 0 spiro atoms. The van der Waals surface area contributed by atoms with Crippen molar-refractivity contribution in [3.8, 4) is 0 Å². The number of carbonyl (C=O) groups is 1. The Morgan fingerprint density at radius 1 is 1.00 bits per heavy atom. The van der Waals surface area contributed by atoms with Gasteiger partial charge in [0.2, 0.25) is 5.95 Å². The number of nitrogens with one attached hydrogen (secondary N) is 4. The normalized spacial score (nSPS) is 10.5. The molecule has 29 heavy (non-hydrogen) atoms. The van der Waals surface area contributed by atoms with E-state index in [2.05, 4.69) is 37.5 Å². The van der Waals surface area contributed by atoms with Crippen LogP contribution in [0, 0.1) is 0 Å². The lowest BCUT2D eigenvalue weighted by atomic mass is 10.1. The Kier molecular flexibility index (Phi) is 4.81. The summed E-state index contributed by atoms with van der Waals surface area (Å²) in [6, 6.07) is 14.8. The number of hydrogen-bond acceptors (Lipinski definition) is 6. The number of pyridine rings is 1. The van der Waals surface area contributed by atoms with Gasteiger partial charge in [-0.3, -0.25) is 10.1 Å². The molecular weight excluding hydrogens is 366 g/mol. The minimum atomic E-state index is -0.308. The summed E-state index contributed by atoms with van der Waals surface area (Å²) >= 11 is 0. The average Bonchev–Trinajstić information content (AvgIpc) is 3.22. The molecule has 144 valence electrons. The highest BCUT2D eigenvalue weighted by Crippen LogP contribution is 2.23. The van der Waals surface area contributed by atoms with Crippen LogP contribution in [-0.4, -0.2) is 20.9 Å². The van der Waals surface area contributed by atoms with Gasteiger partial charge in [0, 0.05) is 29.5 Å². The number of H-pyrrole nitrogens is 1. The van der Waals surface area contributed by atoms with Gasteiger partial charge in [0.25, 0.3) is 5.91 Å². The van der Waals surface area contributed by atoms with Gasteiger partial charge in [0.05, 0.1) is 11.4 Å². The Morgan fingerprint density at radius 3 is 2.62 bits per heavy atom. The molecule has 1 amide bonds. The number of nitrogens with zero attached hydrogens (tertiary/aromatic N) is 2. The first-order chi connectivity index (χ1) is 14.1. The molecule has 0 aliphatic carbocycles. The van der Waals surface area contributed by atoms with Crippen LogP contribution in [0.3, 0.4) is 0 Å². The van der Waals surface area contributed by atoms with Crippen molar-refractivity contribution in [3.05, 3.63) is 85.1 Å². The van der Waals surface area contributed by atoms with E-state index in [0.717, 1.165) is 10.8 Å². The van der Waals surface area contributed by atoms with E-state index in [1.54, 1.807) is 36.8 Å². The van der Waals surface area contributed by atoms with Crippen molar-refractivity contribution in [1.82, 2.24) is 15.0 Å². The number of anilines is 4. The number of nitrogens with two attached hydrogens (primary N) is 1. The van der Waals surface area contributed by atoms with Gasteiger partial charge in [0.15, 0.2) is 0 Å². The van der Waals surface area contributed by atoms with Crippen molar-refractivity contribution in [2.75, 3.05) is 21.7 Å². The maximum absolute atomic E-state index is 12.4. The first-order valence-electron chi connectivity index (χ1n) is 8.86. The Labute approximate surface area is 166 Å². The summed E-state index contributed by atoms with van der Waals surface area (Å²) in [6.45, 7) is 3.97. The quantitative estimate of drug-likeness (QED) is 0.322. The number of aromatic nitrogens is 3. The number of hydrogen-bond donors (Lipinski definition) is 5. The van der Waals surface area contributed by atoms with Crippen LogP contribution in [0.2, 0.25) is 0 Å². The van der Waals surface area contributed by atoms with E-state index in [9.17, 15) is 4.79 Å². The van der Waals surface area contributed by atoms with Gasteiger partial charge in [-0.15, -0.1) is 0 Å². The van der Waals surface area contributed by atoms with Crippen LogP contribution in [0.15, 0.2) is 79.5 Å². The number of imidazole rings is 1. The SMILES string of the molecule is C=C(Nc1cc2ccccc2cn1)Nc1cc(C(=O)Nc2ncc[nH]2)ccc1N. The first kappa shape index (κ1) is 18.1. The van der Waals surface area contributed by atoms with Gasteiger partial charge in [-0.2, -0.15) is 0 Å². The summed E-state index contributed by atoms with van der Waals surface area (Å²) in [6.07, 6.45) is 4.98. The predicted octanol–water partition coefficient (Wildman–Crippen LogP) is 3.79. The van der Waals surface area contributed by atoms with Gasteiger partial charge < -0.3 is 21.4 Å². The number of fused-ring (bicyclic) bond motifs is 1. The van der Waals surface area contributed by atoms with Gasteiger partial charge in [-0.05, 0) is 29.7 Å². The van der Waals surface area contributed by atoms with Crippen LogP contribution >= 0.6 is 0 Å². The fourth-order valence-corrected chi connectivity index (χ4v) is 2.82. The third-order valence-corrected chi connectivity index (χ3v) is 4.24.